The summed E-state index contributed by atoms with van der Waals surface area (Å²) in [6.45, 7) is -1.09. The second-order valence-corrected chi connectivity index (χ2v) is 1.21. The number of alkyl halides is 2. The second kappa shape index (κ2) is 3.99. The van der Waals surface area contributed by atoms with Gasteiger partial charge in [0.15, 0.2) is 6.17 Å². The Morgan fingerprint density at radius 3 is 2.43 bits per heavy atom. The van der Waals surface area contributed by atoms with Crippen LogP contribution in [0.15, 0.2) is 0 Å². The maximum Gasteiger partial charge on any atom is 0.151 e. The van der Waals surface area contributed by atoms with Crippen molar-refractivity contribution in [2.75, 3.05) is 20.4 Å². The first-order valence-corrected chi connectivity index (χ1v) is 2.00. The lowest BCUT2D eigenvalue weighted by atomic mass is 10.5. The lowest BCUT2D eigenvalue weighted by Gasteiger charge is -1.97. The first kappa shape index (κ1) is 6.82. The molecule has 0 spiro atoms. The third-order valence-corrected chi connectivity index (χ3v) is 0.515. The summed E-state index contributed by atoms with van der Waals surface area (Å²) in [6, 6.07) is 0. The lowest BCUT2D eigenvalue weighted by molar-refractivity contribution is 0.107. The van der Waals surface area contributed by atoms with Crippen molar-refractivity contribution in [3.05, 3.63) is 0 Å². The number of hydrogen-bond acceptors (Lipinski definition) is 1. The highest BCUT2D eigenvalue weighted by molar-refractivity contribution is 4.47. The van der Waals surface area contributed by atoms with Gasteiger partial charge in [0.25, 0.3) is 0 Å². The predicted molar refractivity (Wildman–Crippen MR) is 22.7 cm³/mol. The lowest BCUT2D eigenvalue weighted by Crippen LogP contribution is -2.09. The van der Waals surface area contributed by atoms with Crippen molar-refractivity contribution in [1.82, 2.24) is 0 Å². The van der Waals surface area contributed by atoms with Gasteiger partial charge in [0.2, 0.25) is 0 Å². The first-order valence-electron chi connectivity index (χ1n) is 2.00. The quantitative estimate of drug-likeness (QED) is 0.525. The van der Waals surface area contributed by atoms with Gasteiger partial charge in [0.1, 0.15) is 6.67 Å². The van der Waals surface area contributed by atoms with Crippen LogP contribution in [0, 0.1) is 0 Å². The Balaban J connectivity index is 2.83. The van der Waals surface area contributed by atoms with Crippen LogP contribution >= 0.6 is 0 Å². The highest BCUT2D eigenvalue weighted by atomic mass is 19.2. The molecule has 0 heterocycles. The molecule has 7 heavy (non-hydrogen) atoms. The minimum atomic E-state index is -1.44. The van der Waals surface area contributed by atoms with Gasteiger partial charge in [0.05, 0.1) is 6.61 Å². The van der Waals surface area contributed by atoms with E-state index in [1.807, 2.05) is 0 Å². The molecule has 0 saturated heterocycles. The smallest absolute Gasteiger partial charge is 0.151 e. The standard InChI is InChI=1S/C4H8F2O/c1-7-3-4(6)2-5/h4H,2-3H2,1H3. The van der Waals surface area contributed by atoms with Gasteiger partial charge in [-0.05, 0) is 0 Å². The Kier molecular flexibility index (Phi) is 3.89. The molecule has 0 N–H and O–H groups in total. The van der Waals surface area contributed by atoms with Crippen molar-refractivity contribution in [1.29, 1.82) is 0 Å². The molecule has 3 heteroatoms. The molecular weight excluding hydrogens is 102 g/mol. The van der Waals surface area contributed by atoms with Crippen molar-refractivity contribution < 1.29 is 13.5 Å². The largest absolute Gasteiger partial charge is 0.382 e. The fraction of sp³-hybridized carbons (Fsp3) is 1.00. The van der Waals surface area contributed by atoms with E-state index in [0.717, 1.165) is 0 Å². The van der Waals surface area contributed by atoms with Crippen molar-refractivity contribution in [2.45, 2.75) is 6.17 Å². The molecule has 0 saturated carbocycles. The summed E-state index contributed by atoms with van der Waals surface area (Å²) in [6.07, 6.45) is -1.44. The molecule has 0 aromatic carbocycles. The van der Waals surface area contributed by atoms with E-state index in [9.17, 15) is 8.78 Å². The van der Waals surface area contributed by atoms with Crippen LogP contribution in [0.5, 0.6) is 0 Å². The molecule has 0 fully saturated rings. The fourth-order valence-electron chi connectivity index (χ4n) is 0.225. The Labute approximate surface area is 41.3 Å². The number of halogens is 2. The van der Waals surface area contributed by atoms with Crippen molar-refractivity contribution >= 4 is 0 Å². The molecule has 0 aliphatic carbocycles. The van der Waals surface area contributed by atoms with E-state index in [1.54, 1.807) is 0 Å². The van der Waals surface area contributed by atoms with Crippen LogP contribution in [-0.4, -0.2) is 26.6 Å². The molecule has 0 aromatic rings. The van der Waals surface area contributed by atoms with Gasteiger partial charge < -0.3 is 4.74 Å². The summed E-state index contributed by atoms with van der Waals surface area (Å²) in [5, 5.41) is 0. The van der Waals surface area contributed by atoms with E-state index in [1.165, 1.54) is 7.11 Å². The van der Waals surface area contributed by atoms with Crippen molar-refractivity contribution in [3.63, 3.8) is 0 Å². The molecule has 0 aliphatic rings. The van der Waals surface area contributed by atoms with E-state index in [4.69, 9.17) is 0 Å². The molecule has 0 bridgehead atoms. The Morgan fingerprint density at radius 2 is 2.29 bits per heavy atom. The van der Waals surface area contributed by atoms with Crippen LogP contribution < -0.4 is 0 Å². The maximum atomic E-state index is 11.6. The Bertz CT molecular complexity index is 40.7. The van der Waals surface area contributed by atoms with Gasteiger partial charge in [-0.3, -0.25) is 0 Å². The second-order valence-electron chi connectivity index (χ2n) is 1.21. The van der Waals surface area contributed by atoms with Gasteiger partial charge in [-0.15, -0.1) is 0 Å². The van der Waals surface area contributed by atoms with Gasteiger partial charge in [-0.1, -0.05) is 0 Å². The number of ether oxygens (including phenoxy) is 1. The van der Waals surface area contributed by atoms with Crippen LogP contribution in [-0.2, 0) is 4.74 Å². The normalized spacial score (nSPS) is 14.1. The molecule has 0 aromatic heterocycles. The van der Waals surface area contributed by atoms with Crippen LogP contribution in [0.25, 0.3) is 0 Å². The SMILES string of the molecule is COCC(F)CF. The van der Waals surface area contributed by atoms with E-state index in [-0.39, 0.29) is 6.61 Å². The monoisotopic (exact) mass is 110 g/mol. The van der Waals surface area contributed by atoms with Gasteiger partial charge in [0, 0.05) is 7.11 Å². The first-order chi connectivity index (χ1) is 3.31. The van der Waals surface area contributed by atoms with Gasteiger partial charge in [-0.25, -0.2) is 8.78 Å². The molecule has 1 unspecified atom stereocenters. The maximum absolute atomic E-state index is 11.6. The summed E-state index contributed by atoms with van der Waals surface area (Å²) < 4.78 is 27.0. The molecule has 1 nitrogen and oxygen atoms in total. The Morgan fingerprint density at radius 1 is 1.71 bits per heavy atom. The fourth-order valence-corrected chi connectivity index (χ4v) is 0.225. The zero-order chi connectivity index (χ0) is 5.70. The van der Waals surface area contributed by atoms with Crippen LogP contribution in [0.3, 0.4) is 0 Å². The van der Waals surface area contributed by atoms with E-state index in [2.05, 4.69) is 4.74 Å². The zero-order valence-corrected chi connectivity index (χ0v) is 4.16. The van der Waals surface area contributed by atoms with E-state index < -0.39 is 12.8 Å². The van der Waals surface area contributed by atoms with E-state index >= 15 is 0 Å². The number of rotatable bonds is 3. The van der Waals surface area contributed by atoms with Crippen LogP contribution in [0.4, 0.5) is 8.78 Å². The summed E-state index contributed by atoms with van der Waals surface area (Å²) in [5.41, 5.74) is 0. The summed E-state index contributed by atoms with van der Waals surface area (Å²) in [7, 11) is 1.34. The molecule has 44 valence electrons. The third-order valence-electron chi connectivity index (χ3n) is 0.515. The van der Waals surface area contributed by atoms with Crippen LogP contribution in [0.1, 0.15) is 0 Å². The summed E-state index contributed by atoms with van der Waals surface area (Å²) in [4.78, 5) is 0. The highest BCUT2D eigenvalue weighted by Gasteiger charge is 2.01. The van der Waals surface area contributed by atoms with Crippen molar-refractivity contribution in [2.24, 2.45) is 0 Å². The molecule has 1 atom stereocenters. The number of hydrogen-bond donors (Lipinski definition) is 0. The summed E-state index contributed by atoms with van der Waals surface area (Å²) in [5.74, 6) is 0. The number of methoxy groups -OCH3 is 1. The topological polar surface area (TPSA) is 9.23 Å². The molecule has 0 radical (unpaired) electrons. The van der Waals surface area contributed by atoms with Gasteiger partial charge >= 0.3 is 0 Å². The molecule has 0 rings (SSSR count). The van der Waals surface area contributed by atoms with E-state index in [0.29, 0.717) is 0 Å². The predicted octanol–water partition coefficient (Wildman–Crippen LogP) is 0.940. The summed E-state index contributed by atoms with van der Waals surface area (Å²) >= 11 is 0. The van der Waals surface area contributed by atoms with Crippen molar-refractivity contribution in [3.8, 4) is 0 Å². The van der Waals surface area contributed by atoms with Crippen LogP contribution in [0.2, 0.25) is 0 Å². The third kappa shape index (κ3) is 3.66. The Hall–Kier alpha value is -0.180. The highest BCUT2D eigenvalue weighted by Crippen LogP contribution is 1.89. The average molecular weight is 110 g/mol. The average Bonchev–Trinajstić information content (AvgIpc) is 1.68. The van der Waals surface area contributed by atoms with Gasteiger partial charge in [-0.2, -0.15) is 0 Å². The molecule has 0 amide bonds. The minimum Gasteiger partial charge on any atom is -0.382 e. The zero-order valence-electron chi connectivity index (χ0n) is 4.16. The minimum absolute atomic E-state index is 0.142. The molecule has 0 aliphatic heterocycles. The molecular formula is C4H8F2O.